The molecule has 1 saturated carbocycles. The van der Waals surface area contributed by atoms with Gasteiger partial charge in [-0.25, -0.2) is 4.98 Å². The molecule has 3 atom stereocenters. The maximum absolute atomic E-state index is 6.13. The highest BCUT2D eigenvalue weighted by atomic mass is 16.5. The van der Waals surface area contributed by atoms with Crippen molar-refractivity contribution < 1.29 is 9.15 Å². The average molecular weight is 319 g/mol. The van der Waals surface area contributed by atoms with Crippen molar-refractivity contribution in [3.05, 3.63) is 12.2 Å². The zero-order valence-electron chi connectivity index (χ0n) is 14.3. The summed E-state index contributed by atoms with van der Waals surface area (Å²) in [4.78, 5) is 4.11. The van der Waals surface area contributed by atoms with Crippen LogP contribution in [0.25, 0.3) is 11.7 Å². The first kappa shape index (κ1) is 16.1. The minimum atomic E-state index is 0.266. The van der Waals surface area contributed by atoms with Gasteiger partial charge in [0.2, 0.25) is 11.7 Å². The highest BCUT2D eigenvalue weighted by Crippen LogP contribution is 2.35. The van der Waals surface area contributed by atoms with Gasteiger partial charge in [-0.3, -0.25) is 4.68 Å². The first-order valence-electron chi connectivity index (χ1n) is 8.33. The molecule has 0 saturated heterocycles. The van der Waals surface area contributed by atoms with Crippen LogP contribution in [0, 0.1) is 17.8 Å². The van der Waals surface area contributed by atoms with Crippen molar-refractivity contribution in [3.8, 4) is 11.7 Å². The van der Waals surface area contributed by atoms with Crippen LogP contribution in [0.15, 0.2) is 10.7 Å². The van der Waals surface area contributed by atoms with E-state index in [9.17, 15) is 0 Å². The van der Waals surface area contributed by atoms with Gasteiger partial charge in [0.25, 0.3) is 5.89 Å². The molecular formula is C16H25N5O2. The van der Waals surface area contributed by atoms with Gasteiger partial charge < -0.3 is 9.15 Å². The second-order valence-electron chi connectivity index (χ2n) is 6.92. The monoisotopic (exact) mass is 319 g/mol. The van der Waals surface area contributed by atoms with Gasteiger partial charge in [-0.2, -0.15) is 0 Å². The second-order valence-corrected chi connectivity index (χ2v) is 6.92. The van der Waals surface area contributed by atoms with Gasteiger partial charge in [-0.05, 0) is 30.6 Å². The zero-order chi connectivity index (χ0) is 16.4. The van der Waals surface area contributed by atoms with Crippen LogP contribution in [0.3, 0.4) is 0 Å². The Bertz CT molecular complexity index is 636. The number of aromatic nitrogens is 5. The largest absolute Gasteiger partial charge is 0.416 e. The Morgan fingerprint density at radius 2 is 2.17 bits per heavy atom. The summed E-state index contributed by atoms with van der Waals surface area (Å²) >= 11 is 0. The van der Waals surface area contributed by atoms with Gasteiger partial charge in [0, 0.05) is 7.05 Å². The van der Waals surface area contributed by atoms with Crippen LogP contribution in [-0.4, -0.2) is 31.1 Å². The summed E-state index contributed by atoms with van der Waals surface area (Å²) in [6.45, 7) is 7.19. The number of ether oxygens (including phenoxy) is 1. The number of aryl methyl sites for hydroxylation is 1. The predicted molar refractivity (Wildman–Crippen MR) is 84.2 cm³/mol. The topological polar surface area (TPSA) is 78.9 Å². The van der Waals surface area contributed by atoms with Crippen molar-refractivity contribution in [3.63, 3.8) is 0 Å². The van der Waals surface area contributed by atoms with Crippen LogP contribution in [-0.2, 0) is 18.4 Å². The van der Waals surface area contributed by atoms with Crippen molar-refractivity contribution in [1.82, 2.24) is 25.0 Å². The maximum Gasteiger partial charge on any atom is 0.287 e. The Kier molecular flexibility index (Phi) is 4.75. The van der Waals surface area contributed by atoms with Crippen LogP contribution in [0.5, 0.6) is 0 Å². The fraction of sp³-hybridized carbons (Fsp3) is 0.750. The molecule has 0 aliphatic heterocycles. The fourth-order valence-electron chi connectivity index (χ4n) is 3.32. The molecule has 7 nitrogen and oxygen atoms in total. The maximum atomic E-state index is 6.13. The van der Waals surface area contributed by atoms with Gasteiger partial charge in [0.05, 0.1) is 6.10 Å². The molecule has 23 heavy (non-hydrogen) atoms. The molecule has 0 aromatic carbocycles. The lowest BCUT2D eigenvalue weighted by atomic mass is 9.75. The quantitative estimate of drug-likeness (QED) is 0.843. The molecule has 0 radical (unpaired) electrons. The van der Waals surface area contributed by atoms with E-state index in [1.807, 2.05) is 0 Å². The van der Waals surface area contributed by atoms with Crippen molar-refractivity contribution in [2.24, 2.45) is 24.8 Å². The molecule has 126 valence electrons. The van der Waals surface area contributed by atoms with E-state index >= 15 is 0 Å². The molecule has 2 heterocycles. The molecular weight excluding hydrogens is 294 g/mol. The van der Waals surface area contributed by atoms with E-state index in [2.05, 4.69) is 41.1 Å². The van der Waals surface area contributed by atoms with Gasteiger partial charge in [-0.1, -0.05) is 27.2 Å². The van der Waals surface area contributed by atoms with E-state index in [-0.39, 0.29) is 6.10 Å². The highest BCUT2D eigenvalue weighted by Gasteiger charge is 2.31. The van der Waals surface area contributed by atoms with Crippen molar-refractivity contribution in [1.29, 1.82) is 0 Å². The molecule has 2 aromatic rings. The Morgan fingerprint density at radius 1 is 1.35 bits per heavy atom. The minimum absolute atomic E-state index is 0.266. The molecule has 0 bridgehead atoms. The number of hydrogen-bond acceptors (Lipinski definition) is 6. The van der Waals surface area contributed by atoms with Crippen LogP contribution in [0.1, 0.15) is 45.9 Å². The van der Waals surface area contributed by atoms with E-state index in [0.29, 0.717) is 42.0 Å². The summed E-state index contributed by atoms with van der Waals surface area (Å²) in [6.07, 6.45) is 5.50. The van der Waals surface area contributed by atoms with Gasteiger partial charge in [-0.15, -0.1) is 15.3 Å². The Labute approximate surface area is 136 Å². The lowest BCUT2D eigenvalue weighted by Gasteiger charge is -2.36. The van der Waals surface area contributed by atoms with Crippen LogP contribution in [0.4, 0.5) is 0 Å². The summed E-state index contributed by atoms with van der Waals surface area (Å²) in [5.74, 6) is 3.20. The number of nitrogens with zero attached hydrogens (tertiary/aromatic N) is 5. The lowest BCUT2D eigenvalue weighted by Crippen LogP contribution is -2.34. The molecule has 1 aliphatic carbocycles. The smallest absolute Gasteiger partial charge is 0.287 e. The van der Waals surface area contributed by atoms with Crippen LogP contribution < -0.4 is 0 Å². The summed E-state index contributed by atoms with van der Waals surface area (Å²) in [5.41, 5.74) is 0. The van der Waals surface area contributed by atoms with E-state index in [1.165, 1.54) is 12.8 Å². The summed E-state index contributed by atoms with van der Waals surface area (Å²) < 4.78 is 13.3. The first-order chi connectivity index (χ1) is 11.0. The molecule has 7 heteroatoms. The van der Waals surface area contributed by atoms with Crippen LogP contribution >= 0.6 is 0 Å². The number of hydrogen-bond donors (Lipinski definition) is 0. The SMILES string of the molecule is CC1CCC(C(C)C)C(OCc2nnc(-c3ncn(C)n3)o2)C1. The Hall–Kier alpha value is -1.76. The fourth-order valence-corrected chi connectivity index (χ4v) is 3.32. The van der Waals surface area contributed by atoms with Crippen molar-refractivity contribution in [2.45, 2.75) is 52.7 Å². The van der Waals surface area contributed by atoms with Gasteiger partial charge in [0.15, 0.2) is 0 Å². The molecule has 0 spiro atoms. The third-order valence-corrected chi connectivity index (χ3v) is 4.64. The van der Waals surface area contributed by atoms with Gasteiger partial charge >= 0.3 is 0 Å². The van der Waals surface area contributed by atoms with Crippen molar-refractivity contribution >= 4 is 0 Å². The molecule has 1 fully saturated rings. The van der Waals surface area contributed by atoms with Gasteiger partial charge in [0.1, 0.15) is 12.9 Å². The van der Waals surface area contributed by atoms with E-state index in [0.717, 1.165) is 6.42 Å². The standard InChI is InChI=1S/C16H25N5O2/c1-10(2)12-6-5-11(3)7-13(12)22-8-14-18-19-16(23-14)15-17-9-21(4)20-15/h9-13H,5-8H2,1-4H3. The lowest BCUT2D eigenvalue weighted by molar-refractivity contribution is -0.0535. The molecule has 3 unspecified atom stereocenters. The van der Waals surface area contributed by atoms with E-state index < -0.39 is 0 Å². The van der Waals surface area contributed by atoms with E-state index in [1.54, 1.807) is 18.1 Å². The second kappa shape index (κ2) is 6.78. The summed E-state index contributed by atoms with van der Waals surface area (Å²) in [7, 11) is 1.80. The third kappa shape index (κ3) is 3.77. The minimum Gasteiger partial charge on any atom is -0.416 e. The summed E-state index contributed by atoms with van der Waals surface area (Å²) in [5, 5.41) is 12.2. The molecule has 1 aliphatic rings. The summed E-state index contributed by atoms with van der Waals surface area (Å²) in [6, 6.07) is 0. The molecule has 2 aromatic heterocycles. The normalized spacial score (nSPS) is 25.2. The first-order valence-corrected chi connectivity index (χ1v) is 8.33. The molecule has 0 N–H and O–H groups in total. The van der Waals surface area contributed by atoms with Crippen molar-refractivity contribution in [2.75, 3.05) is 0 Å². The highest BCUT2D eigenvalue weighted by molar-refractivity contribution is 5.36. The molecule has 0 amide bonds. The van der Waals surface area contributed by atoms with E-state index in [4.69, 9.17) is 9.15 Å². The zero-order valence-corrected chi connectivity index (χ0v) is 14.3. The molecule has 3 rings (SSSR count). The average Bonchev–Trinajstić information content (AvgIpc) is 3.13. The predicted octanol–water partition coefficient (Wildman–Crippen LogP) is 2.84. The number of rotatable bonds is 5. The Morgan fingerprint density at radius 3 is 2.87 bits per heavy atom. The third-order valence-electron chi connectivity index (χ3n) is 4.64. The van der Waals surface area contributed by atoms with Crippen LogP contribution in [0.2, 0.25) is 0 Å². The Balaban J connectivity index is 1.62.